The average molecular weight is 336 g/mol. The summed E-state index contributed by atoms with van der Waals surface area (Å²) < 4.78 is 25.4. The van der Waals surface area contributed by atoms with Crippen molar-refractivity contribution in [3.05, 3.63) is 35.9 Å². The number of carbonyl (C=O) groups excluding carboxylic acids is 1. The molecule has 5 nitrogen and oxygen atoms in total. The molecule has 2 unspecified atom stereocenters. The lowest BCUT2D eigenvalue weighted by Gasteiger charge is -2.37. The number of sulfonamides is 1. The summed E-state index contributed by atoms with van der Waals surface area (Å²) in [5.74, 6) is 0.0612. The first-order valence-corrected chi connectivity index (χ1v) is 10.1. The van der Waals surface area contributed by atoms with Gasteiger partial charge in [0, 0.05) is 24.5 Å². The second-order valence-corrected chi connectivity index (χ2v) is 8.59. The van der Waals surface area contributed by atoms with Gasteiger partial charge in [-0.1, -0.05) is 30.3 Å². The van der Waals surface area contributed by atoms with Gasteiger partial charge in [-0.05, 0) is 37.7 Å². The zero-order valence-corrected chi connectivity index (χ0v) is 14.3. The van der Waals surface area contributed by atoms with Crippen molar-refractivity contribution < 1.29 is 13.2 Å². The van der Waals surface area contributed by atoms with Crippen LogP contribution in [0.25, 0.3) is 0 Å². The smallest absolute Gasteiger partial charge is 0.220 e. The molecule has 1 amide bonds. The molecule has 2 saturated heterocycles. The lowest BCUT2D eigenvalue weighted by atomic mass is 9.99. The topological polar surface area (TPSA) is 66.5 Å². The minimum Gasteiger partial charge on any atom is -0.353 e. The molecule has 1 N–H and O–H groups in total. The maximum absolute atomic E-state index is 12.2. The Bertz CT molecular complexity index is 646. The summed E-state index contributed by atoms with van der Waals surface area (Å²) in [6.45, 7) is 0. The van der Waals surface area contributed by atoms with Gasteiger partial charge in [0.25, 0.3) is 0 Å². The van der Waals surface area contributed by atoms with Crippen LogP contribution >= 0.6 is 0 Å². The largest absolute Gasteiger partial charge is 0.353 e. The summed E-state index contributed by atoms with van der Waals surface area (Å²) in [6.07, 6.45) is 5.80. The molecule has 3 rings (SSSR count). The van der Waals surface area contributed by atoms with E-state index in [4.69, 9.17) is 0 Å². The lowest BCUT2D eigenvalue weighted by Crippen LogP contribution is -2.52. The molecule has 1 aromatic carbocycles. The van der Waals surface area contributed by atoms with Crippen LogP contribution in [0.2, 0.25) is 0 Å². The number of fused-ring (bicyclic) bond motifs is 2. The highest BCUT2D eigenvalue weighted by molar-refractivity contribution is 7.88. The van der Waals surface area contributed by atoms with Crippen LogP contribution in [-0.2, 0) is 21.2 Å². The van der Waals surface area contributed by atoms with Crippen molar-refractivity contribution in [2.45, 2.75) is 56.7 Å². The minimum absolute atomic E-state index is 0.0585. The Morgan fingerprint density at radius 3 is 2.35 bits per heavy atom. The molecule has 2 aliphatic heterocycles. The first-order chi connectivity index (χ1) is 10.9. The number of nitrogens with one attached hydrogen (secondary N) is 1. The highest BCUT2D eigenvalue weighted by Crippen LogP contribution is 2.37. The number of aryl methyl sites for hydroxylation is 1. The van der Waals surface area contributed by atoms with Crippen molar-refractivity contribution in [2.75, 3.05) is 6.26 Å². The van der Waals surface area contributed by atoms with Crippen LogP contribution in [0.5, 0.6) is 0 Å². The van der Waals surface area contributed by atoms with Crippen LogP contribution in [0.3, 0.4) is 0 Å². The molecule has 2 atom stereocenters. The minimum atomic E-state index is -3.14. The van der Waals surface area contributed by atoms with E-state index < -0.39 is 10.0 Å². The number of nitrogens with zero attached hydrogens (tertiary/aromatic N) is 1. The van der Waals surface area contributed by atoms with Crippen LogP contribution in [0.4, 0.5) is 0 Å². The number of rotatable bonds is 5. The second kappa shape index (κ2) is 6.61. The first-order valence-electron chi connectivity index (χ1n) is 8.25. The Balaban J connectivity index is 1.51. The monoisotopic (exact) mass is 336 g/mol. The van der Waals surface area contributed by atoms with Gasteiger partial charge in [0.05, 0.1) is 6.26 Å². The fourth-order valence-corrected chi connectivity index (χ4v) is 5.46. The van der Waals surface area contributed by atoms with Crippen molar-refractivity contribution in [1.82, 2.24) is 9.62 Å². The first kappa shape index (κ1) is 16.5. The highest BCUT2D eigenvalue weighted by atomic mass is 32.2. The Hall–Kier alpha value is -1.40. The third-order valence-corrected chi connectivity index (χ3v) is 6.26. The molecule has 2 heterocycles. The molecular formula is C17H24N2O3S. The van der Waals surface area contributed by atoms with E-state index in [1.54, 1.807) is 4.31 Å². The van der Waals surface area contributed by atoms with Crippen molar-refractivity contribution in [2.24, 2.45) is 0 Å². The summed E-state index contributed by atoms with van der Waals surface area (Å²) >= 11 is 0. The molecule has 0 saturated carbocycles. The van der Waals surface area contributed by atoms with Gasteiger partial charge >= 0.3 is 0 Å². The van der Waals surface area contributed by atoms with E-state index in [9.17, 15) is 13.2 Å². The summed E-state index contributed by atoms with van der Waals surface area (Å²) in [4.78, 5) is 12.2. The normalized spacial score (nSPS) is 27.8. The van der Waals surface area contributed by atoms with Gasteiger partial charge in [-0.15, -0.1) is 0 Å². The summed E-state index contributed by atoms with van der Waals surface area (Å²) in [5.41, 5.74) is 1.16. The third-order valence-electron chi connectivity index (χ3n) is 4.90. The van der Waals surface area contributed by atoms with E-state index in [0.29, 0.717) is 6.42 Å². The van der Waals surface area contributed by atoms with E-state index in [1.807, 2.05) is 30.3 Å². The van der Waals surface area contributed by atoms with Gasteiger partial charge < -0.3 is 5.32 Å². The predicted octanol–water partition coefficient (Wildman–Crippen LogP) is 1.69. The molecule has 2 aliphatic rings. The molecule has 2 fully saturated rings. The van der Waals surface area contributed by atoms with Gasteiger partial charge in [-0.3, -0.25) is 4.79 Å². The molecule has 2 bridgehead atoms. The Morgan fingerprint density at radius 1 is 1.17 bits per heavy atom. The summed E-state index contributed by atoms with van der Waals surface area (Å²) in [6, 6.07) is 10.2. The van der Waals surface area contributed by atoms with E-state index in [1.165, 1.54) is 6.26 Å². The van der Waals surface area contributed by atoms with Crippen LogP contribution in [-0.4, -0.2) is 43.0 Å². The number of hydrogen-bond acceptors (Lipinski definition) is 3. The Morgan fingerprint density at radius 2 is 1.78 bits per heavy atom. The Kier molecular flexibility index (Phi) is 4.73. The zero-order valence-electron chi connectivity index (χ0n) is 13.4. The Labute approximate surface area is 138 Å². The molecular weight excluding hydrogens is 312 g/mol. The zero-order chi connectivity index (χ0) is 16.4. The lowest BCUT2D eigenvalue weighted by molar-refractivity contribution is -0.122. The van der Waals surface area contributed by atoms with Crippen molar-refractivity contribution in [1.29, 1.82) is 0 Å². The fourth-order valence-electron chi connectivity index (χ4n) is 4.00. The van der Waals surface area contributed by atoms with Crippen LogP contribution < -0.4 is 5.32 Å². The predicted molar refractivity (Wildman–Crippen MR) is 89.4 cm³/mol. The van der Waals surface area contributed by atoms with Crippen LogP contribution in [0.1, 0.15) is 37.7 Å². The maximum atomic E-state index is 12.2. The quantitative estimate of drug-likeness (QED) is 0.890. The second-order valence-electron chi connectivity index (χ2n) is 6.70. The van der Waals surface area contributed by atoms with Crippen molar-refractivity contribution >= 4 is 15.9 Å². The van der Waals surface area contributed by atoms with Crippen molar-refractivity contribution in [3.8, 4) is 0 Å². The molecule has 0 spiro atoms. The molecule has 0 aliphatic carbocycles. The molecule has 6 heteroatoms. The van der Waals surface area contributed by atoms with E-state index in [-0.39, 0.29) is 24.0 Å². The standard InChI is InChI=1S/C17H24N2O3S/c1-23(21,22)19-15-8-9-16(19)12-14(11-15)18-17(20)10-7-13-5-3-2-4-6-13/h2-6,14-16H,7-12H2,1H3,(H,18,20). The molecule has 126 valence electrons. The average Bonchev–Trinajstić information content (AvgIpc) is 2.79. The number of amides is 1. The maximum Gasteiger partial charge on any atom is 0.220 e. The van der Waals surface area contributed by atoms with Gasteiger partial charge in [0.2, 0.25) is 15.9 Å². The molecule has 23 heavy (non-hydrogen) atoms. The third kappa shape index (κ3) is 3.93. The van der Waals surface area contributed by atoms with E-state index in [2.05, 4.69) is 5.32 Å². The summed E-state index contributed by atoms with van der Waals surface area (Å²) in [7, 11) is -3.14. The highest BCUT2D eigenvalue weighted by Gasteiger charge is 2.45. The van der Waals surface area contributed by atoms with Crippen molar-refractivity contribution in [3.63, 3.8) is 0 Å². The summed E-state index contributed by atoms with van der Waals surface area (Å²) in [5, 5.41) is 3.10. The van der Waals surface area contributed by atoms with Crippen LogP contribution in [0, 0.1) is 0 Å². The number of benzene rings is 1. The van der Waals surface area contributed by atoms with Gasteiger partial charge in [0.15, 0.2) is 0 Å². The fraction of sp³-hybridized carbons (Fsp3) is 0.588. The van der Waals surface area contributed by atoms with Crippen LogP contribution in [0.15, 0.2) is 30.3 Å². The molecule has 1 aromatic rings. The van der Waals surface area contributed by atoms with E-state index >= 15 is 0 Å². The number of carbonyl (C=O) groups is 1. The van der Waals surface area contributed by atoms with Gasteiger partial charge in [-0.2, -0.15) is 4.31 Å². The van der Waals surface area contributed by atoms with Gasteiger partial charge in [0.1, 0.15) is 0 Å². The van der Waals surface area contributed by atoms with E-state index in [0.717, 1.165) is 37.7 Å². The number of piperidine rings is 1. The number of hydrogen-bond donors (Lipinski definition) is 1. The van der Waals surface area contributed by atoms with Gasteiger partial charge in [-0.25, -0.2) is 8.42 Å². The molecule has 0 radical (unpaired) electrons. The SMILES string of the molecule is CS(=O)(=O)N1C2CCC1CC(NC(=O)CCc1ccccc1)C2. The molecule has 0 aromatic heterocycles.